The number of hydrogen-bond donors (Lipinski definition) is 1. The summed E-state index contributed by atoms with van der Waals surface area (Å²) < 4.78 is 0. The fourth-order valence-corrected chi connectivity index (χ4v) is 7.04. The van der Waals surface area contributed by atoms with Gasteiger partial charge < -0.3 is 5.11 Å². The van der Waals surface area contributed by atoms with E-state index in [0.29, 0.717) is 23.5 Å². The van der Waals surface area contributed by atoms with Gasteiger partial charge in [-0.05, 0) is 69.1 Å². The Morgan fingerprint density at radius 1 is 1.17 bits per heavy atom. The number of terminal acetylenes is 1. The predicted octanol–water partition coefficient (Wildman–Crippen LogP) is 3.88. The molecule has 1 N–H and O–H groups in total. The van der Waals surface area contributed by atoms with E-state index in [2.05, 4.69) is 19.4 Å². The van der Waals surface area contributed by atoms with Gasteiger partial charge in [0.15, 0.2) is 0 Å². The van der Waals surface area contributed by atoms with Gasteiger partial charge in [0, 0.05) is 11.8 Å². The average Bonchev–Trinajstić information content (AvgIpc) is 3.04. The van der Waals surface area contributed by atoms with Crippen molar-refractivity contribution in [3.05, 3.63) is 12.2 Å². The quantitative estimate of drug-likeness (QED) is 0.544. The second kappa shape index (κ2) is 4.73. The molecule has 0 aromatic carbocycles. The van der Waals surface area contributed by atoms with Crippen molar-refractivity contribution in [3.63, 3.8) is 0 Å². The van der Waals surface area contributed by atoms with Crippen LogP contribution in [0.3, 0.4) is 0 Å². The lowest BCUT2D eigenvalue weighted by Gasteiger charge is -2.57. The molecule has 0 radical (unpaired) electrons. The third kappa shape index (κ3) is 1.67. The van der Waals surface area contributed by atoms with Crippen LogP contribution in [0.2, 0.25) is 0 Å². The lowest BCUT2D eigenvalue weighted by Crippen LogP contribution is -2.55. The van der Waals surface area contributed by atoms with E-state index in [-0.39, 0.29) is 10.8 Å². The minimum atomic E-state index is -0.954. The molecular weight excluding hydrogens is 284 g/mol. The third-order valence-electron chi connectivity index (χ3n) is 8.34. The number of Topliss-reactive ketones (excluding diaryl/α,β-unsaturated/α-hetero) is 1. The summed E-state index contributed by atoms with van der Waals surface area (Å²) in [4.78, 5) is 12.8. The molecule has 23 heavy (non-hydrogen) atoms. The number of ketones is 1. The summed E-state index contributed by atoms with van der Waals surface area (Å²) in [5.74, 6) is 4.61. The molecule has 4 saturated carbocycles. The van der Waals surface area contributed by atoms with Crippen LogP contribution >= 0.6 is 0 Å². The Labute approximate surface area is 139 Å². The fraction of sp³-hybridized carbons (Fsp3) is 0.762. The van der Waals surface area contributed by atoms with Gasteiger partial charge in [-0.25, -0.2) is 0 Å². The third-order valence-corrected chi connectivity index (χ3v) is 8.34. The van der Waals surface area contributed by atoms with E-state index in [1.807, 2.05) is 0 Å². The molecule has 6 unspecified atom stereocenters. The van der Waals surface area contributed by atoms with Crippen molar-refractivity contribution < 1.29 is 9.90 Å². The number of rotatable bonds is 0. The SMILES string of the molecule is C#CC1(O)CCC2C3CCC(=C)C4(CCCC4=O)C3CCC21C. The maximum absolute atomic E-state index is 12.8. The molecule has 6 atom stereocenters. The molecular formula is C21H28O2. The molecule has 0 aliphatic heterocycles. The number of fused-ring (bicyclic) bond motifs is 4. The van der Waals surface area contributed by atoms with Crippen LogP contribution in [-0.2, 0) is 4.79 Å². The van der Waals surface area contributed by atoms with Crippen LogP contribution in [-0.4, -0.2) is 16.5 Å². The maximum atomic E-state index is 12.8. The first kappa shape index (κ1) is 15.5. The summed E-state index contributed by atoms with van der Waals surface area (Å²) in [5.41, 5.74) is -0.162. The molecule has 0 amide bonds. The first-order chi connectivity index (χ1) is 10.9. The Hall–Kier alpha value is -1.07. The Kier molecular flexibility index (Phi) is 3.18. The Morgan fingerprint density at radius 3 is 2.57 bits per heavy atom. The highest BCUT2D eigenvalue weighted by molar-refractivity contribution is 5.90. The molecule has 4 rings (SSSR count). The maximum Gasteiger partial charge on any atom is 0.143 e. The average molecular weight is 312 g/mol. The Balaban J connectivity index is 1.74. The fourth-order valence-electron chi connectivity index (χ4n) is 7.04. The van der Waals surface area contributed by atoms with Gasteiger partial charge >= 0.3 is 0 Å². The summed E-state index contributed by atoms with van der Waals surface area (Å²) in [6.45, 7) is 6.54. The monoisotopic (exact) mass is 312 g/mol. The van der Waals surface area contributed by atoms with E-state index in [0.717, 1.165) is 57.8 Å². The van der Waals surface area contributed by atoms with Crippen molar-refractivity contribution in [2.75, 3.05) is 0 Å². The molecule has 0 bridgehead atoms. The van der Waals surface area contributed by atoms with E-state index < -0.39 is 5.60 Å². The summed E-state index contributed by atoms with van der Waals surface area (Å²) in [6, 6.07) is 0. The largest absolute Gasteiger partial charge is 0.377 e. The molecule has 2 nitrogen and oxygen atoms in total. The lowest BCUT2D eigenvalue weighted by molar-refractivity contribution is -0.137. The van der Waals surface area contributed by atoms with Gasteiger partial charge in [0.25, 0.3) is 0 Å². The van der Waals surface area contributed by atoms with Crippen LogP contribution in [0, 0.1) is 40.9 Å². The van der Waals surface area contributed by atoms with E-state index in [1.165, 1.54) is 5.57 Å². The van der Waals surface area contributed by atoms with Crippen LogP contribution in [0.15, 0.2) is 12.2 Å². The van der Waals surface area contributed by atoms with E-state index in [4.69, 9.17) is 6.42 Å². The van der Waals surface area contributed by atoms with Crippen molar-refractivity contribution in [3.8, 4) is 12.3 Å². The first-order valence-corrected chi connectivity index (χ1v) is 9.31. The van der Waals surface area contributed by atoms with Crippen molar-refractivity contribution >= 4 is 5.78 Å². The minimum absolute atomic E-state index is 0.176. The van der Waals surface area contributed by atoms with Gasteiger partial charge in [0.1, 0.15) is 11.4 Å². The van der Waals surface area contributed by atoms with E-state index >= 15 is 0 Å². The van der Waals surface area contributed by atoms with Gasteiger partial charge in [-0.2, -0.15) is 0 Å². The van der Waals surface area contributed by atoms with Crippen LogP contribution in [0.4, 0.5) is 0 Å². The van der Waals surface area contributed by atoms with Crippen LogP contribution in [0.25, 0.3) is 0 Å². The summed E-state index contributed by atoms with van der Waals surface area (Å²) in [6.07, 6.45) is 14.3. The van der Waals surface area contributed by atoms with Gasteiger partial charge in [-0.3, -0.25) is 4.79 Å². The van der Waals surface area contributed by atoms with Crippen molar-refractivity contribution in [2.24, 2.45) is 28.6 Å². The van der Waals surface area contributed by atoms with Crippen LogP contribution in [0.1, 0.15) is 64.7 Å². The van der Waals surface area contributed by atoms with E-state index in [1.54, 1.807) is 0 Å². The Bertz CT molecular complexity index is 614. The second-order valence-electron chi connectivity index (χ2n) is 8.77. The predicted molar refractivity (Wildman–Crippen MR) is 90.5 cm³/mol. The van der Waals surface area contributed by atoms with Crippen molar-refractivity contribution in [1.82, 2.24) is 0 Å². The second-order valence-corrected chi connectivity index (χ2v) is 8.77. The normalized spacial score (nSPS) is 52.3. The molecule has 4 fully saturated rings. The van der Waals surface area contributed by atoms with Gasteiger partial charge in [0.2, 0.25) is 0 Å². The number of carbonyl (C=O) groups is 1. The molecule has 0 aromatic rings. The molecule has 0 heterocycles. The highest BCUT2D eigenvalue weighted by atomic mass is 16.3. The minimum Gasteiger partial charge on any atom is -0.377 e. The summed E-state index contributed by atoms with van der Waals surface area (Å²) in [7, 11) is 0. The van der Waals surface area contributed by atoms with Crippen molar-refractivity contribution in [1.29, 1.82) is 0 Å². The van der Waals surface area contributed by atoms with Crippen molar-refractivity contribution in [2.45, 2.75) is 70.3 Å². The van der Waals surface area contributed by atoms with Gasteiger partial charge in [0.05, 0.1) is 5.41 Å². The number of hydrogen-bond acceptors (Lipinski definition) is 2. The van der Waals surface area contributed by atoms with Gasteiger partial charge in [-0.15, -0.1) is 6.42 Å². The van der Waals surface area contributed by atoms with E-state index in [9.17, 15) is 9.90 Å². The van der Waals surface area contributed by atoms with Crippen LogP contribution in [0.5, 0.6) is 0 Å². The zero-order chi connectivity index (χ0) is 16.5. The summed E-state index contributed by atoms with van der Waals surface area (Å²) in [5, 5.41) is 11.0. The zero-order valence-electron chi connectivity index (χ0n) is 14.2. The molecule has 4 aliphatic carbocycles. The molecule has 1 spiro atoms. The van der Waals surface area contributed by atoms with Crippen LogP contribution < -0.4 is 0 Å². The smallest absolute Gasteiger partial charge is 0.143 e. The first-order valence-electron chi connectivity index (χ1n) is 9.31. The highest BCUT2D eigenvalue weighted by Crippen LogP contribution is 2.68. The standard InChI is InChI=1S/C21H28O2/c1-4-20(23)13-10-16-15-8-7-14(2)21(11-5-6-18(21)22)17(15)9-12-19(16,20)3/h1,15-17,23H,2,5-13H2,3H3. The molecule has 0 saturated heterocycles. The number of allylic oxidation sites excluding steroid dienone is 1. The topological polar surface area (TPSA) is 37.3 Å². The molecule has 124 valence electrons. The summed E-state index contributed by atoms with van der Waals surface area (Å²) >= 11 is 0. The lowest BCUT2D eigenvalue weighted by atomic mass is 9.47. The zero-order valence-corrected chi connectivity index (χ0v) is 14.2. The number of aliphatic hydroxyl groups is 1. The Morgan fingerprint density at radius 2 is 1.91 bits per heavy atom. The number of carbonyl (C=O) groups excluding carboxylic acids is 1. The van der Waals surface area contributed by atoms with Gasteiger partial charge in [-0.1, -0.05) is 25.0 Å². The molecule has 4 aliphatic rings. The molecule has 0 aromatic heterocycles. The highest BCUT2D eigenvalue weighted by Gasteiger charge is 2.65. The molecule has 2 heteroatoms.